The largest absolute Gasteiger partial charge is 0.482 e. The molecule has 0 N–H and O–H groups in total. The van der Waals surface area contributed by atoms with Crippen molar-refractivity contribution in [2.24, 2.45) is 0 Å². The van der Waals surface area contributed by atoms with Gasteiger partial charge in [0.15, 0.2) is 9.84 Å². The van der Waals surface area contributed by atoms with Gasteiger partial charge in [-0.3, -0.25) is 4.90 Å². The van der Waals surface area contributed by atoms with Gasteiger partial charge in [-0.1, -0.05) is 29.3 Å². The van der Waals surface area contributed by atoms with Crippen molar-refractivity contribution in [3.8, 4) is 5.75 Å². The molecule has 0 spiro atoms. The Balaban J connectivity index is 1.68. The molecule has 0 unspecified atom stereocenters. The van der Waals surface area contributed by atoms with E-state index >= 15 is 0 Å². The zero-order valence-corrected chi connectivity index (χ0v) is 17.3. The first-order valence-corrected chi connectivity index (χ1v) is 11.7. The van der Waals surface area contributed by atoms with Gasteiger partial charge in [0.1, 0.15) is 11.9 Å². The van der Waals surface area contributed by atoms with Crippen molar-refractivity contribution in [2.45, 2.75) is 36.3 Å². The van der Waals surface area contributed by atoms with Crippen LogP contribution >= 0.6 is 23.2 Å². The Kier molecular flexibility index (Phi) is 5.14. The predicted molar refractivity (Wildman–Crippen MR) is 108 cm³/mol. The van der Waals surface area contributed by atoms with Crippen molar-refractivity contribution in [3.63, 3.8) is 0 Å². The Labute approximate surface area is 170 Å². The quantitative estimate of drug-likeness (QED) is 0.721. The molecule has 0 bridgehead atoms. The lowest BCUT2D eigenvalue weighted by Crippen LogP contribution is -2.38. The monoisotopic (exact) mass is 425 g/mol. The molecule has 2 atom stereocenters. The van der Waals surface area contributed by atoms with Gasteiger partial charge in [-0.15, -0.1) is 0 Å². The van der Waals surface area contributed by atoms with Crippen molar-refractivity contribution in [1.82, 2.24) is 4.90 Å². The van der Waals surface area contributed by atoms with E-state index in [1.807, 2.05) is 12.1 Å². The van der Waals surface area contributed by atoms with Gasteiger partial charge in [-0.25, -0.2) is 8.42 Å². The number of halogens is 2. The Morgan fingerprint density at radius 1 is 1.07 bits per heavy atom. The summed E-state index contributed by atoms with van der Waals surface area (Å²) in [5.41, 5.74) is 2.33. The van der Waals surface area contributed by atoms with Crippen molar-refractivity contribution in [3.05, 3.63) is 57.6 Å². The molecule has 144 valence electrons. The summed E-state index contributed by atoms with van der Waals surface area (Å²) in [5.74, 6) is 0.492. The second-order valence-corrected chi connectivity index (χ2v) is 10.1. The number of rotatable bonds is 4. The van der Waals surface area contributed by atoms with Crippen LogP contribution in [-0.2, 0) is 16.3 Å². The highest BCUT2D eigenvalue weighted by molar-refractivity contribution is 7.90. The van der Waals surface area contributed by atoms with Gasteiger partial charge < -0.3 is 4.74 Å². The van der Waals surface area contributed by atoms with E-state index in [4.69, 9.17) is 27.9 Å². The fraction of sp³-hybridized carbons (Fsp3) is 0.400. The topological polar surface area (TPSA) is 46.6 Å². The molecule has 2 aromatic carbocycles. The summed E-state index contributed by atoms with van der Waals surface area (Å²) in [6.07, 6.45) is 4.29. The van der Waals surface area contributed by atoms with Gasteiger partial charge in [-0.05, 0) is 73.8 Å². The zero-order valence-electron chi connectivity index (χ0n) is 15.0. The standard InChI is InChI=1S/C20H21Cl2NO3S/c1-27(24,25)15-6-7-19(17(22)12-15)26-20-16-11-14(21)5-4-13(16)10-18(20)23-8-2-3-9-23/h4-7,11-12,18,20H,2-3,8-10H2,1H3/t18-,20-/m0/s1. The van der Waals surface area contributed by atoms with Crippen LogP contribution in [0.1, 0.15) is 30.1 Å². The Morgan fingerprint density at radius 3 is 2.48 bits per heavy atom. The highest BCUT2D eigenvalue weighted by Crippen LogP contribution is 2.42. The molecular formula is C20H21Cl2NO3S. The van der Waals surface area contributed by atoms with Crippen LogP contribution in [0.5, 0.6) is 5.75 Å². The van der Waals surface area contributed by atoms with Crippen molar-refractivity contribution < 1.29 is 13.2 Å². The molecule has 7 heteroatoms. The number of ether oxygens (including phenoxy) is 1. The van der Waals surface area contributed by atoms with Crippen molar-refractivity contribution in [2.75, 3.05) is 19.3 Å². The molecule has 1 aliphatic carbocycles. The molecule has 0 amide bonds. The summed E-state index contributed by atoms with van der Waals surface area (Å²) in [4.78, 5) is 2.66. The van der Waals surface area contributed by atoms with Crippen LogP contribution in [0.3, 0.4) is 0 Å². The van der Waals surface area contributed by atoms with Gasteiger partial charge in [0.25, 0.3) is 0 Å². The molecule has 4 rings (SSSR count). The molecule has 0 saturated carbocycles. The Morgan fingerprint density at radius 2 is 1.81 bits per heavy atom. The van der Waals surface area contributed by atoms with E-state index in [0.717, 1.165) is 31.3 Å². The normalized spacial score (nSPS) is 22.8. The SMILES string of the molecule is CS(=O)(=O)c1ccc(O[C@H]2c3cc(Cl)ccc3C[C@@H]2N2CCCC2)c(Cl)c1. The van der Waals surface area contributed by atoms with E-state index in [-0.39, 0.29) is 17.0 Å². The number of sulfone groups is 1. The number of benzene rings is 2. The maximum atomic E-state index is 11.7. The van der Waals surface area contributed by atoms with Crippen LogP contribution in [-0.4, -0.2) is 38.7 Å². The predicted octanol–water partition coefficient (Wildman–Crippen LogP) is 4.54. The molecule has 1 heterocycles. The number of likely N-dealkylation sites (tertiary alicyclic amines) is 1. The lowest BCUT2D eigenvalue weighted by Gasteiger charge is -2.30. The molecule has 0 radical (unpaired) electrons. The minimum absolute atomic E-state index is 0.182. The third kappa shape index (κ3) is 3.83. The summed E-state index contributed by atoms with van der Waals surface area (Å²) in [6.45, 7) is 2.12. The molecule has 1 saturated heterocycles. The highest BCUT2D eigenvalue weighted by Gasteiger charge is 2.39. The van der Waals surface area contributed by atoms with Gasteiger partial charge in [0, 0.05) is 11.3 Å². The smallest absolute Gasteiger partial charge is 0.175 e. The molecule has 4 nitrogen and oxygen atoms in total. The van der Waals surface area contributed by atoms with Crippen molar-refractivity contribution >= 4 is 33.0 Å². The van der Waals surface area contributed by atoms with E-state index in [1.54, 1.807) is 6.07 Å². The molecule has 1 fully saturated rings. The molecule has 2 aromatic rings. The summed E-state index contributed by atoms with van der Waals surface area (Å²) >= 11 is 12.6. The lowest BCUT2D eigenvalue weighted by atomic mass is 10.1. The van der Waals surface area contributed by atoms with Crippen molar-refractivity contribution in [1.29, 1.82) is 0 Å². The minimum atomic E-state index is -3.31. The molecular weight excluding hydrogens is 405 g/mol. The first kappa shape index (κ1) is 19.1. The molecule has 0 aromatic heterocycles. The summed E-state index contributed by atoms with van der Waals surface area (Å²) in [5, 5.41) is 0.983. The fourth-order valence-electron chi connectivity index (χ4n) is 4.04. The van der Waals surface area contributed by atoms with Crippen LogP contribution < -0.4 is 4.74 Å². The zero-order chi connectivity index (χ0) is 19.2. The molecule has 27 heavy (non-hydrogen) atoms. The fourth-order valence-corrected chi connectivity index (χ4v) is 5.15. The third-order valence-electron chi connectivity index (χ3n) is 5.39. The maximum Gasteiger partial charge on any atom is 0.175 e. The number of hydrogen-bond donors (Lipinski definition) is 0. The van der Waals surface area contributed by atoms with Crippen LogP contribution in [0.2, 0.25) is 10.0 Å². The average Bonchev–Trinajstić information content (AvgIpc) is 3.24. The molecule has 2 aliphatic rings. The van der Waals surface area contributed by atoms with Gasteiger partial charge in [0.05, 0.1) is 16.0 Å². The second-order valence-electron chi connectivity index (χ2n) is 7.26. The summed E-state index contributed by atoms with van der Waals surface area (Å²) in [7, 11) is -3.31. The van der Waals surface area contributed by atoms with E-state index in [0.29, 0.717) is 15.8 Å². The third-order valence-corrected chi connectivity index (χ3v) is 7.03. The van der Waals surface area contributed by atoms with E-state index in [1.165, 1.54) is 30.5 Å². The number of nitrogens with zero attached hydrogens (tertiary/aromatic N) is 1. The summed E-state index contributed by atoms with van der Waals surface area (Å²) < 4.78 is 29.8. The maximum absolute atomic E-state index is 11.7. The summed E-state index contributed by atoms with van der Waals surface area (Å²) in [6, 6.07) is 10.8. The van der Waals surface area contributed by atoms with E-state index < -0.39 is 9.84 Å². The first-order chi connectivity index (χ1) is 12.8. The first-order valence-electron chi connectivity index (χ1n) is 9.01. The lowest BCUT2D eigenvalue weighted by molar-refractivity contribution is 0.0941. The average molecular weight is 426 g/mol. The Bertz CT molecular complexity index is 971. The Hall–Kier alpha value is -1.27. The van der Waals surface area contributed by atoms with Gasteiger partial charge in [-0.2, -0.15) is 0 Å². The van der Waals surface area contributed by atoms with Crippen LogP contribution in [0.4, 0.5) is 0 Å². The number of hydrogen-bond acceptors (Lipinski definition) is 4. The van der Waals surface area contributed by atoms with E-state index in [9.17, 15) is 8.42 Å². The van der Waals surface area contributed by atoms with Gasteiger partial charge in [0.2, 0.25) is 0 Å². The minimum Gasteiger partial charge on any atom is -0.482 e. The van der Waals surface area contributed by atoms with Crippen LogP contribution in [0.15, 0.2) is 41.3 Å². The van der Waals surface area contributed by atoms with Gasteiger partial charge >= 0.3 is 0 Å². The van der Waals surface area contributed by atoms with Crippen LogP contribution in [0, 0.1) is 0 Å². The number of fused-ring (bicyclic) bond motifs is 1. The molecule has 1 aliphatic heterocycles. The highest BCUT2D eigenvalue weighted by atomic mass is 35.5. The van der Waals surface area contributed by atoms with E-state index in [2.05, 4.69) is 11.0 Å². The second kappa shape index (κ2) is 7.28. The van der Waals surface area contributed by atoms with Crippen LogP contribution in [0.25, 0.3) is 0 Å².